The molecule has 0 atom stereocenters. The van der Waals surface area contributed by atoms with Gasteiger partial charge in [0.05, 0.1) is 13.2 Å². The zero-order chi connectivity index (χ0) is 21.6. The summed E-state index contributed by atoms with van der Waals surface area (Å²) in [4.78, 5) is 29.7. The highest BCUT2D eigenvalue weighted by Gasteiger charge is 2.21. The van der Waals surface area contributed by atoms with Crippen molar-refractivity contribution in [3.8, 4) is 0 Å². The van der Waals surface area contributed by atoms with Crippen LogP contribution in [0.25, 0.3) is 0 Å². The number of nitrogens with zero attached hydrogens (tertiary/aromatic N) is 2. The fourth-order valence-electron chi connectivity index (χ4n) is 3.40. The second-order valence-electron chi connectivity index (χ2n) is 7.41. The highest BCUT2D eigenvalue weighted by Crippen LogP contribution is 2.21. The summed E-state index contributed by atoms with van der Waals surface area (Å²) in [5.74, 6) is 0.917. The number of rotatable bonds is 12. The van der Waals surface area contributed by atoms with Gasteiger partial charge in [0.25, 0.3) is 0 Å². The van der Waals surface area contributed by atoms with E-state index in [4.69, 9.17) is 4.74 Å². The molecule has 0 spiro atoms. The number of carbonyl (C=O) groups is 2. The first kappa shape index (κ1) is 23.7. The Morgan fingerprint density at radius 1 is 1.10 bits per heavy atom. The third kappa shape index (κ3) is 8.43. The van der Waals surface area contributed by atoms with Crippen molar-refractivity contribution in [2.75, 3.05) is 31.1 Å². The molecule has 30 heavy (non-hydrogen) atoms. The molecule has 0 saturated carbocycles. The lowest BCUT2D eigenvalue weighted by atomic mass is 10.1. The molecule has 0 aliphatic carbocycles. The molecule has 7 heteroatoms. The second kappa shape index (κ2) is 13.6. The number of carbonyl (C=O) groups excluding carboxylic acids is 2. The zero-order valence-electron chi connectivity index (χ0n) is 18.4. The first-order chi connectivity index (χ1) is 14.6. The van der Waals surface area contributed by atoms with Gasteiger partial charge in [-0.3, -0.25) is 9.59 Å². The van der Waals surface area contributed by atoms with Gasteiger partial charge in [0.15, 0.2) is 5.96 Å². The van der Waals surface area contributed by atoms with E-state index in [1.54, 1.807) is 0 Å². The van der Waals surface area contributed by atoms with Crippen LogP contribution in [0.1, 0.15) is 64.4 Å². The van der Waals surface area contributed by atoms with E-state index in [0.29, 0.717) is 26.0 Å². The van der Waals surface area contributed by atoms with Gasteiger partial charge in [-0.15, -0.1) is 0 Å². The molecule has 0 unspecified atom stereocenters. The second-order valence-corrected chi connectivity index (χ2v) is 7.41. The lowest BCUT2D eigenvalue weighted by Gasteiger charge is -2.16. The van der Waals surface area contributed by atoms with Crippen molar-refractivity contribution >= 4 is 23.5 Å². The molecule has 0 bridgehead atoms. The molecule has 1 aromatic rings. The molecule has 2 rings (SSSR count). The van der Waals surface area contributed by atoms with Crippen molar-refractivity contribution in [3.05, 3.63) is 29.8 Å². The Hall–Kier alpha value is -2.57. The Labute approximate surface area is 180 Å². The Morgan fingerprint density at radius 3 is 2.53 bits per heavy atom. The zero-order valence-corrected chi connectivity index (χ0v) is 18.4. The van der Waals surface area contributed by atoms with Crippen LogP contribution in [0.4, 0.5) is 5.69 Å². The summed E-state index contributed by atoms with van der Waals surface area (Å²) in [5, 5.41) is 6.64. The predicted molar refractivity (Wildman–Crippen MR) is 121 cm³/mol. The van der Waals surface area contributed by atoms with Crippen LogP contribution in [-0.2, 0) is 20.9 Å². The van der Waals surface area contributed by atoms with Gasteiger partial charge < -0.3 is 20.3 Å². The van der Waals surface area contributed by atoms with E-state index >= 15 is 0 Å². The summed E-state index contributed by atoms with van der Waals surface area (Å²) >= 11 is 0. The molecule has 0 aromatic heterocycles. The predicted octanol–water partition coefficient (Wildman–Crippen LogP) is 3.38. The molecule has 1 amide bonds. The normalized spacial score (nSPS) is 14.1. The monoisotopic (exact) mass is 416 g/mol. The SMILES string of the molecule is CCNC(=NCc1ccc(N2CCCC2=O)cc1)NCCCCCCC(=O)OCC. The smallest absolute Gasteiger partial charge is 0.305 e. The summed E-state index contributed by atoms with van der Waals surface area (Å²) in [6.07, 6.45) is 6.11. The fraction of sp³-hybridized carbons (Fsp3) is 0.609. The van der Waals surface area contributed by atoms with Crippen molar-refractivity contribution in [2.24, 2.45) is 4.99 Å². The number of guanidine groups is 1. The number of hydrogen-bond acceptors (Lipinski definition) is 4. The lowest BCUT2D eigenvalue weighted by molar-refractivity contribution is -0.143. The van der Waals surface area contributed by atoms with E-state index < -0.39 is 0 Å². The van der Waals surface area contributed by atoms with E-state index in [0.717, 1.165) is 68.9 Å². The number of anilines is 1. The third-order valence-electron chi connectivity index (χ3n) is 4.99. The van der Waals surface area contributed by atoms with Crippen LogP contribution < -0.4 is 15.5 Å². The van der Waals surface area contributed by atoms with Crippen LogP contribution in [0, 0.1) is 0 Å². The fourth-order valence-corrected chi connectivity index (χ4v) is 3.40. The highest BCUT2D eigenvalue weighted by molar-refractivity contribution is 5.95. The number of unbranched alkanes of at least 4 members (excludes halogenated alkanes) is 3. The number of amides is 1. The van der Waals surface area contributed by atoms with Crippen molar-refractivity contribution < 1.29 is 14.3 Å². The Kier molecular flexibility index (Phi) is 10.8. The molecular formula is C23H36N4O3. The molecule has 1 aromatic carbocycles. The number of hydrogen-bond donors (Lipinski definition) is 2. The standard InChI is InChI=1S/C23H36N4O3/c1-3-24-23(25-16-8-6-5-7-11-22(29)30-4-2)26-18-19-12-14-20(15-13-19)27-17-9-10-21(27)28/h12-15H,3-11,16-18H2,1-2H3,(H2,24,25,26). The van der Waals surface area contributed by atoms with Crippen molar-refractivity contribution in [1.82, 2.24) is 10.6 Å². The van der Waals surface area contributed by atoms with Gasteiger partial charge in [0.2, 0.25) is 5.91 Å². The summed E-state index contributed by atoms with van der Waals surface area (Å²) < 4.78 is 4.94. The Bertz CT molecular complexity index is 688. The summed E-state index contributed by atoms with van der Waals surface area (Å²) in [6.45, 7) is 7.39. The van der Waals surface area contributed by atoms with E-state index in [1.165, 1.54) is 0 Å². The van der Waals surface area contributed by atoms with Crippen LogP contribution in [0.3, 0.4) is 0 Å². The topological polar surface area (TPSA) is 83.0 Å². The summed E-state index contributed by atoms with van der Waals surface area (Å²) in [6, 6.07) is 8.09. The molecular weight excluding hydrogens is 380 g/mol. The van der Waals surface area contributed by atoms with E-state index in [2.05, 4.69) is 22.5 Å². The van der Waals surface area contributed by atoms with Crippen molar-refractivity contribution in [2.45, 2.75) is 65.3 Å². The molecule has 1 heterocycles. The number of ether oxygens (including phenoxy) is 1. The van der Waals surface area contributed by atoms with Gasteiger partial charge in [-0.25, -0.2) is 4.99 Å². The van der Waals surface area contributed by atoms with E-state index in [-0.39, 0.29) is 11.9 Å². The van der Waals surface area contributed by atoms with Gasteiger partial charge in [-0.1, -0.05) is 25.0 Å². The van der Waals surface area contributed by atoms with Crippen LogP contribution in [-0.4, -0.2) is 44.1 Å². The molecule has 1 aliphatic rings. The molecule has 2 N–H and O–H groups in total. The van der Waals surface area contributed by atoms with Crippen LogP contribution in [0.2, 0.25) is 0 Å². The Balaban J connectivity index is 1.69. The minimum absolute atomic E-state index is 0.0998. The van der Waals surface area contributed by atoms with E-state index in [9.17, 15) is 9.59 Å². The van der Waals surface area contributed by atoms with Crippen molar-refractivity contribution in [3.63, 3.8) is 0 Å². The lowest BCUT2D eigenvalue weighted by Crippen LogP contribution is -2.37. The van der Waals surface area contributed by atoms with Gasteiger partial charge >= 0.3 is 5.97 Å². The largest absolute Gasteiger partial charge is 0.466 e. The van der Waals surface area contributed by atoms with Crippen molar-refractivity contribution in [1.29, 1.82) is 0 Å². The quantitative estimate of drug-likeness (QED) is 0.236. The number of benzene rings is 1. The third-order valence-corrected chi connectivity index (χ3v) is 4.99. The number of nitrogens with one attached hydrogen (secondary N) is 2. The van der Waals surface area contributed by atoms with Gasteiger partial charge in [0.1, 0.15) is 0 Å². The van der Waals surface area contributed by atoms with Crippen LogP contribution >= 0.6 is 0 Å². The molecule has 1 fully saturated rings. The molecule has 1 aliphatic heterocycles. The van der Waals surface area contributed by atoms with Gasteiger partial charge in [-0.2, -0.15) is 0 Å². The molecule has 166 valence electrons. The molecule has 7 nitrogen and oxygen atoms in total. The number of aliphatic imine (C=N–C) groups is 1. The highest BCUT2D eigenvalue weighted by atomic mass is 16.5. The molecule has 1 saturated heterocycles. The first-order valence-corrected chi connectivity index (χ1v) is 11.2. The summed E-state index contributed by atoms with van der Waals surface area (Å²) in [7, 11) is 0. The molecule has 0 radical (unpaired) electrons. The minimum Gasteiger partial charge on any atom is -0.466 e. The first-order valence-electron chi connectivity index (χ1n) is 11.2. The average molecular weight is 417 g/mol. The van der Waals surface area contributed by atoms with Gasteiger partial charge in [0, 0.05) is 38.2 Å². The number of esters is 1. The maximum atomic E-state index is 11.9. The Morgan fingerprint density at radius 2 is 1.87 bits per heavy atom. The average Bonchev–Trinajstić information content (AvgIpc) is 3.17. The summed E-state index contributed by atoms with van der Waals surface area (Å²) in [5.41, 5.74) is 2.08. The van der Waals surface area contributed by atoms with Gasteiger partial charge in [-0.05, 0) is 50.8 Å². The maximum absolute atomic E-state index is 11.9. The minimum atomic E-state index is -0.0998. The van der Waals surface area contributed by atoms with E-state index in [1.807, 2.05) is 36.1 Å². The van der Waals surface area contributed by atoms with Crippen LogP contribution in [0.15, 0.2) is 29.3 Å². The maximum Gasteiger partial charge on any atom is 0.305 e. The van der Waals surface area contributed by atoms with Crippen LogP contribution in [0.5, 0.6) is 0 Å².